The smallest absolute Gasteiger partial charge is 0.175 e. The van der Waals surface area contributed by atoms with Gasteiger partial charge in [0.15, 0.2) is 5.78 Å². The lowest BCUT2D eigenvalue weighted by atomic mass is 10.0. The summed E-state index contributed by atoms with van der Waals surface area (Å²) in [6, 6.07) is 1.89. The molecule has 1 rings (SSSR count). The van der Waals surface area contributed by atoms with Crippen molar-refractivity contribution in [2.75, 3.05) is 0 Å². The molecule has 0 bridgehead atoms. The lowest BCUT2D eigenvalue weighted by molar-refractivity contribution is 0.0927. The van der Waals surface area contributed by atoms with Crippen molar-refractivity contribution in [2.24, 2.45) is 5.92 Å². The largest absolute Gasteiger partial charge is 0.293 e. The summed E-state index contributed by atoms with van der Waals surface area (Å²) in [6.45, 7) is 4.09. The Morgan fingerprint density at radius 2 is 2.21 bits per heavy atom. The number of rotatable bonds is 4. The minimum Gasteiger partial charge on any atom is -0.293 e. The molecular weight excluding hydrogens is 328 g/mol. The van der Waals surface area contributed by atoms with Crippen LogP contribution >= 0.6 is 43.2 Å². The average Bonchev–Trinajstić information content (AvgIpc) is 2.46. The van der Waals surface area contributed by atoms with E-state index in [0.29, 0.717) is 0 Å². The molecule has 0 N–H and O–H groups in total. The van der Waals surface area contributed by atoms with Crippen LogP contribution in [0.2, 0.25) is 0 Å². The molecule has 0 aliphatic rings. The van der Waals surface area contributed by atoms with Crippen LogP contribution in [0.4, 0.5) is 0 Å². The summed E-state index contributed by atoms with van der Waals surface area (Å²) >= 11 is 8.27. The van der Waals surface area contributed by atoms with Crippen molar-refractivity contribution in [3.8, 4) is 0 Å². The van der Waals surface area contributed by atoms with Crippen LogP contribution < -0.4 is 0 Å². The van der Waals surface area contributed by atoms with Crippen molar-refractivity contribution in [1.29, 1.82) is 0 Å². The van der Waals surface area contributed by atoms with Crippen molar-refractivity contribution in [3.05, 3.63) is 19.2 Å². The van der Waals surface area contributed by atoms with Gasteiger partial charge in [-0.2, -0.15) is 0 Å². The van der Waals surface area contributed by atoms with Crippen molar-refractivity contribution >= 4 is 49.0 Å². The Labute approximate surface area is 105 Å². The molecule has 0 saturated heterocycles. The molecule has 0 fully saturated rings. The van der Waals surface area contributed by atoms with Gasteiger partial charge in [0, 0.05) is 10.4 Å². The van der Waals surface area contributed by atoms with Gasteiger partial charge in [0.1, 0.15) is 0 Å². The van der Waals surface area contributed by atoms with Crippen molar-refractivity contribution in [1.82, 2.24) is 0 Å². The molecule has 1 nitrogen and oxygen atoms in total. The molecule has 1 unspecified atom stereocenters. The van der Waals surface area contributed by atoms with E-state index in [1.807, 2.05) is 13.0 Å². The van der Waals surface area contributed by atoms with Gasteiger partial charge in [-0.25, -0.2) is 0 Å². The average molecular weight is 340 g/mol. The van der Waals surface area contributed by atoms with Crippen LogP contribution in [0, 0.1) is 5.92 Å². The first-order valence-electron chi connectivity index (χ1n) is 4.55. The Morgan fingerprint density at radius 1 is 1.57 bits per heavy atom. The van der Waals surface area contributed by atoms with Gasteiger partial charge >= 0.3 is 0 Å². The maximum atomic E-state index is 11.9. The summed E-state index contributed by atoms with van der Waals surface area (Å²) in [6.07, 6.45) is 2.02. The Hall–Kier alpha value is 0.330. The van der Waals surface area contributed by atoms with E-state index in [2.05, 4.69) is 38.8 Å². The van der Waals surface area contributed by atoms with Crippen molar-refractivity contribution in [2.45, 2.75) is 26.7 Å². The lowest BCUT2D eigenvalue weighted by Crippen LogP contribution is -2.09. The molecule has 0 spiro atoms. The van der Waals surface area contributed by atoms with Crippen LogP contribution in [0.5, 0.6) is 0 Å². The molecule has 0 radical (unpaired) electrons. The van der Waals surface area contributed by atoms with Crippen LogP contribution in [0.15, 0.2) is 14.3 Å². The van der Waals surface area contributed by atoms with Gasteiger partial charge in [0.05, 0.1) is 8.66 Å². The van der Waals surface area contributed by atoms with Crippen LogP contribution in [-0.2, 0) is 0 Å². The minimum atomic E-state index is 0.137. The van der Waals surface area contributed by atoms with E-state index in [1.54, 1.807) is 0 Å². The van der Waals surface area contributed by atoms with Gasteiger partial charge in [-0.1, -0.05) is 20.3 Å². The monoisotopic (exact) mass is 338 g/mol. The summed E-state index contributed by atoms with van der Waals surface area (Å²) in [5.74, 6) is 0.390. The van der Waals surface area contributed by atoms with Gasteiger partial charge in [0.25, 0.3) is 0 Å². The van der Waals surface area contributed by atoms with Crippen LogP contribution in [-0.4, -0.2) is 5.78 Å². The normalized spacial score (nSPS) is 12.9. The zero-order valence-corrected chi connectivity index (χ0v) is 12.1. The number of ketones is 1. The van der Waals surface area contributed by atoms with Crippen LogP contribution in [0.3, 0.4) is 0 Å². The quantitative estimate of drug-likeness (QED) is 0.713. The maximum Gasteiger partial charge on any atom is 0.175 e. The Bertz CT molecular complexity index is 313. The number of carbonyl (C=O) groups excluding carboxylic acids is 1. The molecule has 4 heteroatoms. The first kappa shape index (κ1) is 12.4. The second-order valence-electron chi connectivity index (χ2n) is 3.29. The number of carbonyl (C=O) groups is 1. The predicted octanol–water partition coefficient (Wildman–Crippen LogP) is 4.89. The molecule has 1 heterocycles. The molecule has 1 aromatic heterocycles. The second kappa shape index (κ2) is 5.42. The van der Waals surface area contributed by atoms with E-state index in [1.165, 1.54) is 11.3 Å². The molecule has 0 saturated carbocycles. The summed E-state index contributed by atoms with van der Waals surface area (Å²) in [4.78, 5) is 12.7. The molecule has 0 aliphatic heterocycles. The predicted molar refractivity (Wildman–Crippen MR) is 68.1 cm³/mol. The summed E-state index contributed by atoms with van der Waals surface area (Å²) in [5.41, 5.74) is 0. The highest BCUT2D eigenvalue weighted by molar-refractivity contribution is 9.13. The fraction of sp³-hybridized carbons (Fsp3) is 0.500. The third-order valence-corrected chi connectivity index (χ3v) is 5.33. The second-order valence-corrected chi connectivity index (χ2v) is 6.51. The fourth-order valence-electron chi connectivity index (χ4n) is 1.27. The van der Waals surface area contributed by atoms with E-state index in [0.717, 1.165) is 26.0 Å². The van der Waals surface area contributed by atoms with E-state index in [-0.39, 0.29) is 11.7 Å². The molecule has 1 atom stereocenters. The summed E-state index contributed by atoms with van der Waals surface area (Å²) < 4.78 is 1.96. The number of Topliss-reactive ketones (excluding diaryl/α,β-unsaturated/α-hetero) is 1. The molecule has 0 aliphatic carbocycles. The highest BCUT2D eigenvalue weighted by atomic mass is 79.9. The number of thiophene rings is 1. The van der Waals surface area contributed by atoms with E-state index < -0.39 is 0 Å². The molecular formula is C10H12Br2OS. The van der Waals surface area contributed by atoms with Gasteiger partial charge in [-0.05, 0) is 44.3 Å². The van der Waals surface area contributed by atoms with E-state index >= 15 is 0 Å². The third kappa shape index (κ3) is 2.91. The summed E-state index contributed by atoms with van der Waals surface area (Å²) in [7, 11) is 0. The van der Waals surface area contributed by atoms with Crippen LogP contribution in [0.25, 0.3) is 0 Å². The number of hydrogen-bond acceptors (Lipinski definition) is 2. The Kier molecular flexibility index (Phi) is 4.80. The zero-order chi connectivity index (χ0) is 10.7. The standard InChI is InChI=1S/C10H12Br2OS/c1-3-4-6(2)9(13)8-5-7(11)10(12)14-8/h5-6H,3-4H2,1-2H3. The topological polar surface area (TPSA) is 17.1 Å². The van der Waals surface area contributed by atoms with Gasteiger partial charge in [0.2, 0.25) is 0 Å². The van der Waals surface area contributed by atoms with Gasteiger partial charge < -0.3 is 0 Å². The van der Waals surface area contributed by atoms with Crippen molar-refractivity contribution in [3.63, 3.8) is 0 Å². The zero-order valence-electron chi connectivity index (χ0n) is 8.14. The van der Waals surface area contributed by atoms with Crippen LogP contribution in [0.1, 0.15) is 36.4 Å². The SMILES string of the molecule is CCCC(C)C(=O)c1cc(Br)c(Br)s1. The van der Waals surface area contributed by atoms with Gasteiger partial charge in [-0.3, -0.25) is 4.79 Å². The number of halogens is 2. The highest BCUT2D eigenvalue weighted by Crippen LogP contribution is 2.33. The third-order valence-electron chi connectivity index (χ3n) is 2.06. The Morgan fingerprint density at radius 3 is 2.64 bits per heavy atom. The molecule has 1 aromatic rings. The summed E-state index contributed by atoms with van der Waals surface area (Å²) in [5, 5.41) is 0. The molecule has 0 amide bonds. The van der Waals surface area contributed by atoms with Crippen molar-refractivity contribution < 1.29 is 4.79 Å². The fourth-order valence-corrected chi connectivity index (χ4v) is 3.36. The van der Waals surface area contributed by atoms with E-state index in [4.69, 9.17) is 0 Å². The maximum absolute atomic E-state index is 11.9. The molecule has 78 valence electrons. The molecule has 0 aromatic carbocycles. The first-order chi connectivity index (χ1) is 6.56. The highest BCUT2D eigenvalue weighted by Gasteiger charge is 2.17. The first-order valence-corrected chi connectivity index (χ1v) is 6.95. The van der Waals surface area contributed by atoms with Gasteiger partial charge in [-0.15, -0.1) is 11.3 Å². The molecule has 14 heavy (non-hydrogen) atoms. The number of hydrogen-bond donors (Lipinski definition) is 0. The Balaban J connectivity index is 2.79. The lowest BCUT2D eigenvalue weighted by Gasteiger charge is -2.05. The minimum absolute atomic E-state index is 0.137. The van der Waals surface area contributed by atoms with E-state index in [9.17, 15) is 4.79 Å².